The summed E-state index contributed by atoms with van der Waals surface area (Å²) in [7, 11) is 0. The molecule has 4 aromatic rings. The summed E-state index contributed by atoms with van der Waals surface area (Å²) in [6.07, 6.45) is 1.42. The Morgan fingerprint density at radius 3 is 2.12 bits per heavy atom. The van der Waals surface area contributed by atoms with E-state index in [9.17, 15) is 4.79 Å². The van der Waals surface area contributed by atoms with Crippen LogP contribution in [0, 0.1) is 5.92 Å². The van der Waals surface area contributed by atoms with Gasteiger partial charge in [0.25, 0.3) is 0 Å². The molecule has 0 amide bonds. The van der Waals surface area contributed by atoms with Crippen LogP contribution in [-0.2, 0) is 0 Å². The zero-order valence-electron chi connectivity index (χ0n) is 17.5. The number of carbonyl (C=O) groups excluding carboxylic acids is 1. The molecule has 1 aromatic heterocycles. The molecule has 5 rings (SSSR count). The number of thiazole rings is 1. The monoisotopic (exact) mass is 480 g/mol. The maximum atomic E-state index is 12.4. The maximum Gasteiger partial charge on any atom is 0.503 e. The molecule has 1 aliphatic rings. The number of ketones is 1. The number of carbonyl (C=O) groups is 2. The van der Waals surface area contributed by atoms with Crippen LogP contribution < -0.4 is 5.32 Å². The second-order valence-corrected chi connectivity index (χ2v) is 9.15. The van der Waals surface area contributed by atoms with Crippen molar-refractivity contribution in [3.8, 4) is 11.1 Å². The Kier molecular flexibility index (Phi) is 6.91. The van der Waals surface area contributed by atoms with E-state index in [0.717, 1.165) is 55.6 Å². The van der Waals surface area contributed by atoms with Crippen LogP contribution in [0.15, 0.2) is 66.7 Å². The van der Waals surface area contributed by atoms with Crippen LogP contribution >= 0.6 is 22.9 Å². The molecule has 168 valence electrons. The fourth-order valence-corrected chi connectivity index (χ4v) is 4.72. The van der Waals surface area contributed by atoms with Crippen molar-refractivity contribution in [3.63, 3.8) is 0 Å². The van der Waals surface area contributed by atoms with Crippen molar-refractivity contribution in [3.05, 3.63) is 77.3 Å². The molecule has 1 heterocycles. The van der Waals surface area contributed by atoms with Crippen LogP contribution in [0.5, 0.6) is 0 Å². The minimum Gasteiger partial charge on any atom is -0.450 e. The molecule has 1 aliphatic carbocycles. The van der Waals surface area contributed by atoms with Gasteiger partial charge >= 0.3 is 6.16 Å². The summed E-state index contributed by atoms with van der Waals surface area (Å²) in [4.78, 5) is 25.5. The van der Waals surface area contributed by atoms with Gasteiger partial charge in [-0.2, -0.15) is 0 Å². The van der Waals surface area contributed by atoms with E-state index < -0.39 is 6.16 Å². The third kappa shape index (κ3) is 5.69. The van der Waals surface area contributed by atoms with Gasteiger partial charge in [-0.25, -0.2) is 9.78 Å². The van der Waals surface area contributed by atoms with Crippen molar-refractivity contribution in [1.82, 2.24) is 4.98 Å². The Morgan fingerprint density at radius 2 is 1.55 bits per heavy atom. The normalized spacial score (nSPS) is 13.0. The lowest BCUT2D eigenvalue weighted by Crippen LogP contribution is -2.21. The first-order chi connectivity index (χ1) is 15.9. The Balaban J connectivity index is 0.000000601. The first-order valence-corrected chi connectivity index (χ1v) is 11.6. The average Bonchev–Trinajstić information content (AvgIpc) is 3.14. The molecule has 0 atom stereocenters. The molecule has 1 saturated carbocycles. The van der Waals surface area contributed by atoms with Gasteiger partial charge in [0.05, 0.1) is 10.2 Å². The van der Waals surface area contributed by atoms with Crippen molar-refractivity contribution < 1.29 is 19.8 Å². The third-order valence-corrected chi connectivity index (χ3v) is 6.63. The van der Waals surface area contributed by atoms with Gasteiger partial charge in [0.2, 0.25) is 0 Å². The molecular weight excluding hydrogens is 460 g/mol. The van der Waals surface area contributed by atoms with Crippen LogP contribution in [-0.4, -0.2) is 27.1 Å². The number of hydrogen-bond acceptors (Lipinski definition) is 5. The number of fused-ring (bicyclic) bond motifs is 1. The smallest absolute Gasteiger partial charge is 0.450 e. The summed E-state index contributed by atoms with van der Waals surface area (Å²) < 4.78 is 1.06. The zero-order chi connectivity index (χ0) is 23.4. The van der Waals surface area contributed by atoms with E-state index in [0.29, 0.717) is 5.78 Å². The zero-order valence-corrected chi connectivity index (χ0v) is 19.1. The van der Waals surface area contributed by atoms with Crippen molar-refractivity contribution in [2.45, 2.75) is 19.3 Å². The molecule has 3 N–H and O–H groups in total. The van der Waals surface area contributed by atoms with Crippen molar-refractivity contribution in [2.24, 2.45) is 5.92 Å². The van der Waals surface area contributed by atoms with Crippen LogP contribution in [0.25, 0.3) is 21.3 Å². The third-order valence-electron chi connectivity index (χ3n) is 5.47. The highest BCUT2D eigenvalue weighted by molar-refractivity contribution is 7.22. The number of Topliss-reactive ketones (excluding diaryl/α,β-unsaturated/α-hetero) is 1. The molecule has 0 spiro atoms. The molecular formula is C25H21ClN2O4S. The minimum atomic E-state index is -1.83. The predicted octanol–water partition coefficient (Wildman–Crippen LogP) is 7.57. The van der Waals surface area contributed by atoms with Gasteiger partial charge in [0.1, 0.15) is 0 Å². The van der Waals surface area contributed by atoms with Crippen molar-refractivity contribution >= 4 is 55.9 Å². The number of aromatic nitrogens is 1. The number of nitrogens with one attached hydrogen (secondary N) is 1. The number of hydrogen-bond donors (Lipinski definition) is 3. The SMILES string of the molecule is O=C(O)O.O=C(c1ccc(-c2ccc(Nc3nc4ccc(Cl)cc4s3)cc2)cc1)C1CCC1. The fraction of sp³-hybridized carbons (Fsp3) is 0.160. The summed E-state index contributed by atoms with van der Waals surface area (Å²) in [6, 6.07) is 21.9. The summed E-state index contributed by atoms with van der Waals surface area (Å²) in [5, 5.41) is 18.9. The lowest BCUT2D eigenvalue weighted by Gasteiger charge is -2.23. The molecule has 0 aliphatic heterocycles. The van der Waals surface area contributed by atoms with E-state index >= 15 is 0 Å². The van der Waals surface area contributed by atoms with Crippen molar-refractivity contribution in [1.29, 1.82) is 0 Å². The lowest BCUT2D eigenvalue weighted by atomic mass is 9.80. The molecule has 8 heteroatoms. The van der Waals surface area contributed by atoms with Crippen molar-refractivity contribution in [2.75, 3.05) is 5.32 Å². The Hall–Kier alpha value is -3.42. The molecule has 33 heavy (non-hydrogen) atoms. The second kappa shape index (κ2) is 10.0. The Morgan fingerprint density at radius 1 is 0.939 bits per heavy atom. The van der Waals surface area contributed by atoms with Gasteiger partial charge < -0.3 is 15.5 Å². The highest BCUT2D eigenvalue weighted by Gasteiger charge is 2.25. The Labute approximate surface area is 199 Å². The molecule has 3 aromatic carbocycles. The number of nitrogens with zero attached hydrogens (tertiary/aromatic N) is 1. The highest BCUT2D eigenvalue weighted by atomic mass is 35.5. The number of benzene rings is 3. The standard InChI is InChI=1S/C24H19ClN2OS.CH2O3/c25-19-10-13-21-22(14-19)29-24(27-21)26-20-11-8-16(9-12-20)15-4-6-18(7-5-15)23(28)17-2-1-3-17;2-1(3)4/h4-14,17H,1-3H2,(H,26,27);(H2,2,3,4). The lowest BCUT2D eigenvalue weighted by molar-refractivity contribution is 0.0855. The summed E-state index contributed by atoms with van der Waals surface area (Å²) >= 11 is 7.64. The summed E-state index contributed by atoms with van der Waals surface area (Å²) in [5.74, 6) is 0.532. The molecule has 0 bridgehead atoms. The maximum absolute atomic E-state index is 12.4. The molecule has 1 fully saturated rings. The van der Waals surface area contributed by atoms with Gasteiger partial charge in [-0.15, -0.1) is 0 Å². The quantitative estimate of drug-likeness (QED) is 0.255. The van der Waals surface area contributed by atoms with E-state index in [-0.39, 0.29) is 5.92 Å². The number of rotatable bonds is 5. The Bertz CT molecular complexity index is 1280. The van der Waals surface area contributed by atoms with E-state index in [1.807, 2.05) is 54.6 Å². The molecule has 0 radical (unpaired) electrons. The summed E-state index contributed by atoms with van der Waals surface area (Å²) in [5.41, 5.74) is 4.98. The average molecular weight is 481 g/mol. The predicted molar refractivity (Wildman–Crippen MR) is 132 cm³/mol. The van der Waals surface area contributed by atoms with E-state index in [4.69, 9.17) is 26.6 Å². The first kappa shape index (κ1) is 22.8. The van der Waals surface area contributed by atoms with Gasteiger partial charge in [0, 0.05) is 22.2 Å². The van der Waals surface area contributed by atoms with Gasteiger partial charge in [-0.1, -0.05) is 65.8 Å². The fourth-order valence-electron chi connectivity index (χ4n) is 3.55. The molecule has 6 nitrogen and oxygen atoms in total. The first-order valence-electron chi connectivity index (χ1n) is 10.4. The summed E-state index contributed by atoms with van der Waals surface area (Å²) in [6.45, 7) is 0. The van der Waals surface area contributed by atoms with Gasteiger partial charge in [-0.3, -0.25) is 4.79 Å². The van der Waals surface area contributed by atoms with Crippen LogP contribution in [0.4, 0.5) is 15.6 Å². The van der Waals surface area contributed by atoms with E-state index in [1.165, 1.54) is 6.42 Å². The molecule has 0 saturated heterocycles. The van der Waals surface area contributed by atoms with Crippen LogP contribution in [0.3, 0.4) is 0 Å². The topological polar surface area (TPSA) is 99.5 Å². The largest absolute Gasteiger partial charge is 0.503 e. The molecule has 0 unspecified atom stereocenters. The number of halogens is 1. The van der Waals surface area contributed by atoms with E-state index in [2.05, 4.69) is 22.4 Å². The van der Waals surface area contributed by atoms with Crippen LogP contribution in [0.2, 0.25) is 5.02 Å². The van der Waals surface area contributed by atoms with Gasteiger partial charge in [-0.05, 0) is 54.3 Å². The van der Waals surface area contributed by atoms with E-state index in [1.54, 1.807) is 11.3 Å². The van der Waals surface area contributed by atoms with Crippen LogP contribution in [0.1, 0.15) is 29.6 Å². The van der Waals surface area contributed by atoms with Gasteiger partial charge in [0.15, 0.2) is 10.9 Å². The second-order valence-electron chi connectivity index (χ2n) is 7.69. The number of carboxylic acid groups (broad SMARTS) is 2. The number of anilines is 2. The highest BCUT2D eigenvalue weighted by Crippen LogP contribution is 2.32. The minimum absolute atomic E-state index is 0.241.